The minimum absolute atomic E-state index is 0.0769. The number of quaternary nitrogens is 1. The molecule has 7 heteroatoms. The zero-order valence-corrected chi connectivity index (χ0v) is 18.8. The number of rotatable bonds is 7. The Hall–Kier alpha value is -2.28. The Morgan fingerprint density at radius 1 is 1.16 bits per heavy atom. The van der Waals surface area contributed by atoms with Crippen LogP contribution in [0.3, 0.4) is 0 Å². The SMILES string of the molecule is O=C(NCc1ccc(F)cc1)[C@H]1C[NH+]2CC[C@H]1C[C@@H]2Cn1cc(CC2CCCCC2)nn1. The zero-order valence-electron chi connectivity index (χ0n) is 18.8. The molecule has 4 atom stereocenters. The van der Waals surface area contributed by atoms with Gasteiger partial charge < -0.3 is 10.2 Å². The highest BCUT2D eigenvalue weighted by atomic mass is 19.1. The van der Waals surface area contributed by atoms with E-state index in [0.29, 0.717) is 18.5 Å². The zero-order chi connectivity index (χ0) is 21.9. The quantitative estimate of drug-likeness (QED) is 0.694. The van der Waals surface area contributed by atoms with Gasteiger partial charge in [0.05, 0.1) is 31.2 Å². The maximum atomic E-state index is 13.1. The molecule has 1 aromatic heterocycles. The van der Waals surface area contributed by atoms with Crippen LogP contribution in [-0.4, -0.2) is 40.0 Å². The largest absolute Gasteiger partial charge is 0.352 e. The average Bonchev–Trinajstić information content (AvgIpc) is 3.26. The third-order valence-electron chi connectivity index (χ3n) is 7.98. The maximum Gasteiger partial charge on any atom is 0.229 e. The number of fused-ring (bicyclic) bond motifs is 3. The van der Waals surface area contributed by atoms with Crippen LogP contribution in [0, 0.1) is 23.6 Å². The number of hydrogen-bond donors (Lipinski definition) is 2. The van der Waals surface area contributed by atoms with Crippen LogP contribution < -0.4 is 10.2 Å². The lowest BCUT2D eigenvalue weighted by Gasteiger charge is -2.46. The van der Waals surface area contributed by atoms with E-state index in [9.17, 15) is 9.18 Å². The highest BCUT2D eigenvalue weighted by molar-refractivity contribution is 5.79. The Balaban J connectivity index is 1.12. The van der Waals surface area contributed by atoms with Crippen molar-refractivity contribution >= 4 is 5.91 Å². The van der Waals surface area contributed by atoms with E-state index in [4.69, 9.17) is 0 Å². The second-order valence-electron chi connectivity index (χ2n) is 10.2. The Kier molecular flexibility index (Phi) is 6.53. The molecule has 172 valence electrons. The second kappa shape index (κ2) is 9.69. The highest BCUT2D eigenvalue weighted by Crippen LogP contribution is 2.28. The van der Waals surface area contributed by atoms with Crippen LogP contribution in [0.4, 0.5) is 4.39 Å². The van der Waals surface area contributed by atoms with E-state index < -0.39 is 0 Å². The number of nitrogens with one attached hydrogen (secondary N) is 2. The van der Waals surface area contributed by atoms with Gasteiger partial charge in [-0.3, -0.25) is 4.79 Å². The number of piperidine rings is 3. The first-order valence-corrected chi connectivity index (χ1v) is 12.4. The number of carbonyl (C=O) groups excluding carboxylic acids is 1. The van der Waals surface area contributed by atoms with Crippen LogP contribution >= 0.6 is 0 Å². The summed E-state index contributed by atoms with van der Waals surface area (Å²) in [5.41, 5.74) is 2.07. The lowest BCUT2D eigenvalue weighted by atomic mass is 9.75. The molecular weight excluding hydrogens is 405 g/mol. The summed E-state index contributed by atoms with van der Waals surface area (Å²) >= 11 is 0. The van der Waals surface area contributed by atoms with Crippen molar-refractivity contribution in [2.24, 2.45) is 17.8 Å². The van der Waals surface area contributed by atoms with Gasteiger partial charge in [-0.15, -0.1) is 5.10 Å². The van der Waals surface area contributed by atoms with Crippen molar-refractivity contribution in [3.63, 3.8) is 0 Å². The molecule has 1 amide bonds. The van der Waals surface area contributed by atoms with Gasteiger partial charge in [0, 0.05) is 25.6 Å². The number of hydrogen-bond acceptors (Lipinski definition) is 3. The van der Waals surface area contributed by atoms with Crippen LogP contribution in [0.15, 0.2) is 30.5 Å². The molecule has 1 unspecified atom stereocenters. The van der Waals surface area contributed by atoms with Crippen LogP contribution in [0.1, 0.15) is 56.2 Å². The third kappa shape index (κ3) is 5.03. The average molecular weight is 441 g/mol. The fraction of sp³-hybridized carbons (Fsp3) is 0.640. The van der Waals surface area contributed by atoms with Gasteiger partial charge in [0.1, 0.15) is 11.9 Å². The normalized spacial score (nSPS) is 28.0. The molecule has 2 N–H and O–H groups in total. The molecular formula is C25H35FN5O+. The second-order valence-corrected chi connectivity index (χ2v) is 10.2. The summed E-state index contributed by atoms with van der Waals surface area (Å²) in [6, 6.07) is 6.85. The van der Waals surface area contributed by atoms with Crippen LogP contribution in [0.5, 0.6) is 0 Å². The van der Waals surface area contributed by atoms with Crippen molar-refractivity contribution < 1.29 is 14.1 Å². The summed E-state index contributed by atoms with van der Waals surface area (Å²) in [5.74, 6) is 1.19. The molecule has 1 aliphatic carbocycles. The summed E-state index contributed by atoms with van der Waals surface area (Å²) < 4.78 is 15.1. The van der Waals surface area contributed by atoms with E-state index in [1.807, 2.05) is 4.68 Å². The summed E-state index contributed by atoms with van der Waals surface area (Å²) in [6.07, 6.45) is 12.2. The van der Waals surface area contributed by atoms with Crippen molar-refractivity contribution in [3.05, 3.63) is 47.5 Å². The molecule has 6 nitrogen and oxygen atoms in total. The van der Waals surface area contributed by atoms with E-state index in [-0.39, 0.29) is 17.6 Å². The van der Waals surface area contributed by atoms with Crippen molar-refractivity contribution in [2.45, 2.75) is 70.5 Å². The van der Waals surface area contributed by atoms with E-state index in [1.165, 1.54) is 49.1 Å². The molecule has 3 aliphatic heterocycles. The molecule has 1 saturated carbocycles. The molecule has 2 aromatic rings. The Labute approximate surface area is 189 Å². The minimum Gasteiger partial charge on any atom is -0.352 e. The molecule has 6 rings (SSSR count). The molecule has 4 heterocycles. The molecule has 1 aromatic carbocycles. The van der Waals surface area contributed by atoms with Gasteiger partial charge in [-0.1, -0.05) is 49.5 Å². The van der Waals surface area contributed by atoms with E-state index in [2.05, 4.69) is 21.8 Å². The topological polar surface area (TPSA) is 64.2 Å². The monoisotopic (exact) mass is 440 g/mol. The van der Waals surface area contributed by atoms with E-state index >= 15 is 0 Å². The highest BCUT2D eigenvalue weighted by Gasteiger charge is 2.46. The van der Waals surface area contributed by atoms with Crippen LogP contribution in [0.2, 0.25) is 0 Å². The molecule has 0 radical (unpaired) electrons. The van der Waals surface area contributed by atoms with Gasteiger partial charge in [-0.05, 0) is 36.0 Å². The number of benzene rings is 1. The van der Waals surface area contributed by atoms with E-state index in [1.54, 1.807) is 12.1 Å². The minimum atomic E-state index is -0.249. The smallest absolute Gasteiger partial charge is 0.229 e. The maximum absolute atomic E-state index is 13.1. The first kappa shape index (κ1) is 21.6. The Morgan fingerprint density at radius 2 is 1.97 bits per heavy atom. The lowest BCUT2D eigenvalue weighted by molar-refractivity contribution is -0.945. The molecule has 32 heavy (non-hydrogen) atoms. The van der Waals surface area contributed by atoms with Gasteiger partial charge in [-0.25, -0.2) is 9.07 Å². The molecule has 4 fully saturated rings. The number of aromatic nitrogens is 3. The Morgan fingerprint density at radius 3 is 2.72 bits per heavy atom. The summed E-state index contributed by atoms with van der Waals surface area (Å²) in [5, 5.41) is 12.0. The summed E-state index contributed by atoms with van der Waals surface area (Å²) in [6.45, 7) is 3.39. The van der Waals surface area contributed by atoms with Gasteiger partial charge in [0.2, 0.25) is 5.91 Å². The van der Waals surface area contributed by atoms with Gasteiger partial charge >= 0.3 is 0 Å². The van der Waals surface area contributed by atoms with Crippen LogP contribution in [-0.2, 0) is 24.3 Å². The molecule has 3 saturated heterocycles. The van der Waals surface area contributed by atoms with Gasteiger partial charge in [0.15, 0.2) is 0 Å². The fourth-order valence-electron chi connectivity index (χ4n) is 6.18. The summed E-state index contributed by atoms with van der Waals surface area (Å²) in [7, 11) is 0. The molecule has 0 spiro atoms. The fourth-order valence-corrected chi connectivity index (χ4v) is 6.18. The van der Waals surface area contributed by atoms with Crippen molar-refractivity contribution in [3.8, 4) is 0 Å². The van der Waals surface area contributed by atoms with E-state index in [0.717, 1.165) is 56.1 Å². The first-order valence-electron chi connectivity index (χ1n) is 12.4. The predicted molar refractivity (Wildman–Crippen MR) is 119 cm³/mol. The molecule has 4 aliphatic rings. The third-order valence-corrected chi connectivity index (χ3v) is 7.98. The van der Waals surface area contributed by atoms with Crippen molar-refractivity contribution in [1.82, 2.24) is 20.3 Å². The number of amides is 1. The van der Waals surface area contributed by atoms with Crippen molar-refractivity contribution in [1.29, 1.82) is 0 Å². The summed E-state index contributed by atoms with van der Waals surface area (Å²) in [4.78, 5) is 14.4. The number of carbonyl (C=O) groups is 1. The van der Waals surface area contributed by atoms with Crippen molar-refractivity contribution in [2.75, 3.05) is 13.1 Å². The first-order chi connectivity index (χ1) is 15.6. The van der Waals surface area contributed by atoms with Crippen LogP contribution in [0.25, 0.3) is 0 Å². The predicted octanol–water partition coefficient (Wildman–Crippen LogP) is 2.15. The standard InChI is InChI=1S/C25H34FN5O/c26-21-8-6-19(7-9-21)14-27-25(32)24-17-30-11-10-20(24)13-23(30)16-31-15-22(28-29-31)12-18-4-2-1-3-5-18/h6-9,15,18,20,23-24H,1-5,10-14,16-17H2,(H,27,32)/p+1/t20-,23+,24-/m0/s1. The van der Waals surface area contributed by atoms with Gasteiger partial charge in [0.25, 0.3) is 0 Å². The number of nitrogens with zero attached hydrogens (tertiary/aromatic N) is 3. The lowest BCUT2D eigenvalue weighted by Crippen LogP contribution is -3.20. The Bertz CT molecular complexity index is 907. The van der Waals surface area contributed by atoms with Gasteiger partial charge in [-0.2, -0.15) is 0 Å². The molecule has 2 bridgehead atoms. The number of halogens is 1.